The molecule has 0 atom stereocenters. The minimum atomic E-state index is -0.399. The number of aromatic nitrogens is 2. The van der Waals surface area contributed by atoms with Crippen molar-refractivity contribution in [2.75, 3.05) is 14.2 Å². The van der Waals surface area contributed by atoms with Gasteiger partial charge in [0, 0.05) is 18.2 Å². The second-order valence-corrected chi connectivity index (χ2v) is 4.59. The third kappa shape index (κ3) is 1.80. The van der Waals surface area contributed by atoms with Crippen LogP contribution in [0.1, 0.15) is 5.56 Å². The molecule has 1 aliphatic rings. The summed E-state index contributed by atoms with van der Waals surface area (Å²) in [6.07, 6.45) is 0.703. The van der Waals surface area contributed by atoms with Crippen molar-refractivity contribution in [1.29, 1.82) is 0 Å². The number of benzene rings is 1. The summed E-state index contributed by atoms with van der Waals surface area (Å²) >= 11 is 0. The highest BCUT2D eigenvalue weighted by atomic mass is 16.5. The monoisotopic (exact) mass is 274 g/mol. The summed E-state index contributed by atoms with van der Waals surface area (Å²) in [6, 6.07) is 5.13. The number of rotatable bonds is 2. The topological polar surface area (TPSA) is 73.3 Å². The number of aryl methyl sites for hydroxylation is 1. The fourth-order valence-electron chi connectivity index (χ4n) is 2.56. The van der Waals surface area contributed by atoms with Gasteiger partial charge in [0.1, 0.15) is 0 Å². The fourth-order valence-corrected chi connectivity index (χ4v) is 2.56. The molecule has 20 heavy (non-hydrogen) atoms. The molecule has 6 nitrogen and oxygen atoms in total. The van der Waals surface area contributed by atoms with E-state index < -0.39 is 5.56 Å². The largest absolute Gasteiger partial charge is 0.493 e. The molecule has 0 amide bonds. The number of nitrogens with zero attached hydrogens (tertiary/aromatic N) is 1. The molecule has 0 spiro atoms. The lowest BCUT2D eigenvalue weighted by molar-refractivity contribution is 0.354. The highest BCUT2D eigenvalue weighted by Crippen LogP contribution is 2.37. The predicted octanol–water partition coefficient (Wildman–Crippen LogP) is 0.777. The second-order valence-electron chi connectivity index (χ2n) is 4.59. The number of fused-ring (bicyclic) bond motifs is 3. The van der Waals surface area contributed by atoms with Gasteiger partial charge in [0.2, 0.25) is 0 Å². The lowest BCUT2D eigenvalue weighted by Gasteiger charge is -2.22. The maximum atomic E-state index is 11.8. The van der Waals surface area contributed by atoms with Crippen LogP contribution in [-0.4, -0.2) is 23.8 Å². The number of hydrogen-bond donors (Lipinski definition) is 1. The van der Waals surface area contributed by atoms with E-state index >= 15 is 0 Å². The molecule has 0 saturated heterocycles. The van der Waals surface area contributed by atoms with Gasteiger partial charge in [0.15, 0.2) is 11.5 Å². The van der Waals surface area contributed by atoms with Crippen LogP contribution < -0.4 is 20.7 Å². The Labute approximate surface area is 114 Å². The molecule has 1 aromatic heterocycles. The van der Waals surface area contributed by atoms with Gasteiger partial charge in [0.05, 0.1) is 19.9 Å². The third-order valence-electron chi connectivity index (χ3n) is 3.52. The van der Waals surface area contributed by atoms with E-state index in [9.17, 15) is 9.59 Å². The molecule has 2 aromatic rings. The first-order valence-electron chi connectivity index (χ1n) is 6.23. The van der Waals surface area contributed by atoms with E-state index in [4.69, 9.17) is 9.47 Å². The van der Waals surface area contributed by atoms with Crippen molar-refractivity contribution in [3.05, 3.63) is 44.6 Å². The van der Waals surface area contributed by atoms with Crippen molar-refractivity contribution in [1.82, 2.24) is 9.55 Å². The van der Waals surface area contributed by atoms with Gasteiger partial charge < -0.3 is 9.47 Å². The first-order valence-corrected chi connectivity index (χ1v) is 6.23. The Morgan fingerprint density at radius 1 is 1.10 bits per heavy atom. The highest BCUT2D eigenvalue weighted by molar-refractivity contribution is 5.69. The van der Waals surface area contributed by atoms with Gasteiger partial charge in [-0.1, -0.05) is 0 Å². The van der Waals surface area contributed by atoms with Gasteiger partial charge in [-0.05, 0) is 24.1 Å². The molecule has 1 aromatic carbocycles. The first-order chi connectivity index (χ1) is 9.63. The maximum absolute atomic E-state index is 11.8. The summed E-state index contributed by atoms with van der Waals surface area (Å²) in [6.45, 7) is 0.535. The van der Waals surface area contributed by atoms with Crippen LogP contribution in [0.25, 0.3) is 11.3 Å². The number of hydrogen-bond acceptors (Lipinski definition) is 4. The number of methoxy groups -OCH3 is 2. The average Bonchev–Trinajstić information content (AvgIpc) is 2.45. The first kappa shape index (κ1) is 12.5. The molecule has 0 aliphatic carbocycles. The lowest BCUT2D eigenvalue weighted by atomic mass is 9.97. The number of H-pyrrole nitrogens is 1. The zero-order valence-electron chi connectivity index (χ0n) is 11.2. The van der Waals surface area contributed by atoms with Gasteiger partial charge in [-0.25, -0.2) is 4.79 Å². The fraction of sp³-hybridized carbons (Fsp3) is 0.286. The third-order valence-corrected chi connectivity index (χ3v) is 3.52. The summed E-state index contributed by atoms with van der Waals surface area (Å²) in [5.74, 6) is 1.22. The van der Waals surface area contributed by atoms with Crippen LogP contribution >= 0.6 is 0 Å². The van der Waals surface area contributed by atoms with Crippen molar-refractivity contribution in [2.45, 2.75) is 13.0 Å². The summed E-state index contributed by atoms with van der Waals surface area (Å²) in [5, 5.41) is 0. The molecule has 1 aliphatic heterocycles. The smallest absolute Gasteiger partial charge is 0.328 e. The molecule has 104 valence electrons. The minimum absolute atomic E-state index is 0.382. The van der Waals surface area contributed by atoms with E-state index in [1.165, 1.54) is 6.07 Å². The Morgan fingerprint density at radius 3 is 2.50 bits per heavy atom. The van der Waals surface area contributed by atoms with Crippen molar-refractivity contribution in [3.8, 4) is 22.8 Å². The van der Waals surface area contributed by atoms with E-state index in [1.54, 1.807) is 24.9 Å². The van der Waals surface area contributed by atoms with Crippen LogP contribution in [-0.2, 0) is 13.0 Å². The molecular weight excluding hydrogens is 260 g/mol. The lowest BCUT2D eigenvalue weighted by Crippen LogP contribution is -2.33. The molecule has 0 radical (unpaired) electrons. The summed E-state index contributed by atoms with van der Waals surface area (Å²) in [4.78, 5) is 25.6. The van der Waals surface area contributed by atoms with Crippen molar-refractivity contribution in [2.24, 2.45) is 0 Å². The van der Waals surface area contributed by atoms with E-state index in [2.05, 4.69) is 4.98 Å². The number of aromatic amines is 1. The number of ether oxygens (including phenoxy) is 2. The van der Waals surface area contributed by atoms with Crippen molar-refractivity contribution < 1.29 is 9.47 Å². The molecule has 3 rings (SSSR count). The van der Waals surface area contributed by atoms with E-state index in [0.29, 0.717) is 30.2 Å². The predicted molar refractivity (Wildman–Crippen MR) is 73.6 cm³/mol. The molecule has 0 unspecified atom stereocenters. The Morgan fingerprint density at radius 2 is 1.80 bits per heavy atom. The normalized spacial score (nSPS) is 12.5. The standard InChI is InChI=1S/C14H14N2O4/c1-19-11-5-8-3-4-16-10(7-13(17)15-14(16)18)9(8)6-12(11)20-2/h5-7H,3-4H2,1-2H3,(H,15,17,18). The molecule has 0 bridgehead atoms. The minimum Gasteiger partial charge on any atom is -0.493 e. The van der Waals surface area contributed by atoms with E-state index in [1.807, 2.05) is 6.07 Å². The van der Waals surface area contributed by atoms with E-state index in [-0.39, 0.29) is 5.69 Å². The Balaban J connectivity index is 2.31. The Bertz CT molecular complexity index is 789. The molecule has 1 N–H and O–H groups in total. The quantitative estimate of drug-likeness (QED) is 0.878. The zero-order chi connectivity index (χ0) is 14.3. The second kappa shape index (κ2) is 4.56. The van der Waals surface area contributed by atoms with Gasteiger partial charge in [-0.3, -0.25) is 14.3 Å². The van der Waals surface area contributed by atoms with Gasteiger partial charge in [-0.2, -0.15) is 0 Å². The van der Waals surface area contributed by atoms with Crippen molar-refractivity contribution in [3.63, 3.8) is 0 Å². The summed E-state index contributed by atoms with van der Waals surface area (Å²) in [7, 11) is 3.13. The molecule has 0 fully saturated rings. The van der Waals surface area contributed by atoms with Crippen LogP contribution in [0.2, 0.25) is 0 Å². The van der Waals surface area contributed by atoms with Crippen LogP contribution in [0, 0.1) is 0 Å². The van der Waals surface area contributed by atoms with Gasteiger partial charge >= 0.3 is 5.69 Å². The van der Waals surface area contributed by atoms with Crippen LogP contribution in [0.5, 0.6) is 11.5 Å². The van der Waals surface area contributed by atoms with Gasteiger partial charge in [0.25, 0.3) is 5.56 Å². The highest BCUT2D eigenvalue weighted by Gasteiger charge is 2.20. The van der Waals surface area contributed by atoms with Crippen molar-refractivity contribution >= 4 is 0 Å². The molecule has 6 heteroatoms. The molecular formula is C14H14N2O4. The Hall–Kier alpha value is -2.50. The van der Waals surface area contributed by atoms with Crippen LogP contribution in [0.15, 0.2) is 27.8 Å². The average molecular weight is 274 g/mol. The van der Waals surface area contributed by atoms with Crippen LogP contribution in [0.4, 0.5) is 0 Å². The van der Waals surface area contributed by atoms with Gasteiger partial charge in [-0.15, -0.1) is 0 Å². The number of nitrogens with one attached hydrogen (secondary N) is 1. The van der Waals surface area contributed by atoms with E-state index in [0.717, 1.165) is 11.1 Å². The Kier molecular flexibility index (Phi) is 2.85. The zero-order valence-corrected chi connectivity index (χ0v) is 11.2. The summed E-state index contributed by atoms with van der Waals surface area (Å²) < 4.78 is 12.1. The molecule has 2 heterocycles. The summed E-state index contributed by atoms with van der Waals surface area (Å²) in [5.41, 5.74) is 1.70. The SMILES string of the molecule is COc1cc2c(cc1OC)-c1cc(=O)[nH]c(=O)n1CC2. The molecule has 0 saturated carbocycles. The maximum Gasteiger partial charge on any atom is 0.328 e. The van der Waals surface area contributed by atoms with Crippen LogP contribution in [0.3, 0.4) is 0 Å².